The minimum absolute atomic E-state index is 0. The highest BCUT2D eigenvalue weighted by Gasteiger charge is 2.20. The van der Waals surface area contributed by atoms with Gasteiger partial charge in [0.15, 0.2) is 4.90 Å². The van der Waals surface area contributed by atoms with Crippen molar-refractivity contribution in [3.8, 4) is 0 Å². The molecule has 5 N–H and O–H groups in total. The highest BCUT2D eigenvalue weighted by Crippen LogP contribution is 2.21. The zero-order valence-corrected chi connectivity index (χ0v) is 28.2. The standard InChI is InChI=1S/C30H34ClN9O5S.ClH/c1-36(12-10-26(32)33)29(43)39-13-8-22(17-39)35-28(42)25-16-23(19-37(25)2)38(3)30(44)40-14-9-21(18-40)34-27(41)20-4-6-24(7-5-20)46(45)15-11-31;/h4-9,13-14,16-19H,10-12,15H2,1-3H3,(H3,32,33)(H,34,41)(H,35,42);1H. The lowest BCUT2D eigenvalue weighted by atomic mass is 10.2. The van der Waals surface area contributed by atoms with Crippen LogP contribution < -0.4 is 21.3 Å². The van der Waals surface area contributed by atoms with Crippen LogP contribution in [0.1, 0.15) is 27.3 Å². The summed E-state index contributed by atoms with van der Waals surface area (Å²) in [5.74, 6) is -0.276. The summed E-state index contributed by atoms with van der Waals surface area (Å²) < 4.78 is 16.3. The third-order valence-corrected chi connectivity index (χ3v) is 8.71. The van der Waals surface area contributed by atoms with Crippen LogP contribution in [-0.2, 0) is 18.2 Å². The smallest absolute Gasteiger partial charge is 0.332 e. The van der Waals surface area contributed by atoms with Crippen molar-refractivity contribution in [1.82, 2.24) is 18.6 Å². The first kappa shape index (κ1) is 36.8. The molecule has 4 amide bonds. The van der Waals surface area contributed by atoms with Crippen molar-refractivity contribution in [2.45, 2.75) is 11.3 Å². The van der Waals surface area contributed by atoms with Gasteiger partial charge in [-0.25, -0.2) is 9.59 Å². The molecular weight excluding hydrogens is 669 g/mol. The van der Waals surface area contributed by atoms with Gasteiger partial charge in [0.1, 0.15) is 11.4 Å². The number of alkyl halides is 1. The Labute approximate surface area is 285 Å². The number of aryl methyl sites for hydroxylation is 1. The van der Waals surface area contributed by atoms with Gasteiger partial charge in [0.2, 0.25) is 0 Å². The fourth-order valence-electron chi connectivity index (χ4n) is 4.34. The first-order chi connectivity index (χ1) is 21.9. The molecule has 0 aliphatic carbocycles. The summed E-state index contributed by atoms with van der Waals surface area (Å²) in [6.07, 6.45) is 7.85. The van der Waals surface area contributed by atoms with Gasteiger partial charge >= 0.3 is 12.1 Å². The predicted molar refractivity (Wildman–Crippen MR) is 185 cm³/mol. The van der Waals surface area contributed by atoms with Gasteiger partial charge in [-0.3, -0.25) is 29.0 Å². The van der Waals surface area contributed by atoms with E-state index in [4.69, 9.17) is 22.7 Å². The Balaban J connectivity index is 0.00000600. The first-order valence-corrected chi connectivity index (χ1v) is 15.8. The van der Waals surface area contributed by atoms with Gasteiger partial charge in [0.05, 0.1) is 28.8 Å². The van der Waals surface area contributed by atoms with E-state index in [0.717, 1.165) is 0 Å². The van der Waals surface area contributed by atoms with Gasteiger partial charge < -0.3 is 30.4 Å². The van der Waals surface area contributed by atoms with E-state index in [1.807, 2.05) is 0 Å². The summed E-state index contributed by atoms with van der Waals surface area (Å²) in [6.45, 7) is 0.279. The average Bonchev–Trinajstić information content (AvgIpc) is 3.79. The molecule has 3 aromatic heterocycles. The van der Waals surface area contributed by atoms with Crippen LogP contribution >= 0.6 is 24.0 Å². The second-order valence-corrected chi connectivity index (χ2v) is 12.3. The number of nitrogens with two attached hydrogens (primary N) is 1. The monoisotopic (exact) mass is 703 g/mol. The Morgan fingerprint density at radius 3 is 2.09 bits per heavy atom. The number of aromatic nitrogens is 3. The summed E-state index contributed by atoms with van der Waals surface area (Å²) in [4.78, 5) is 55.0. The molecule has 14 nitrogen and oxygen atoms in total. The van der Waals surface area contributed by atoms with Crippen molar-refractivity contribution in [3.05, 3.63) is 84.7 Å². The van der Waals surface area contributed by atoms with Crippen molar-refractivity contribution >= 4 is 82.0 Å². The summed E-state index contributed by atoms with van der Waals surface area (Å²) >= 11 is 4.42. The lowest BCUT2D eigenvalue weighted by molar-refractivity contribution is 0.101. The van der Waals surface area contributed by atoms with Crippen LogP contribution in [-0.4, -0.2) is 85.1 Å². The highest BCUT2D eigenvalue weighted by atomic mass is 35.5. The molecule has 0 radical (unpaired) electrons. The van der Waals surface area contributed by atoms with E-state index < -0.39 is 29.0 Å². The molecule has 0 fully saturated rings. The van der Waals surface area contributed by atoms with Crippen molar-refractivity contribution in [2.75, 3.05) is 47.8 Å². The maximum atomic E-state index is 13.2. The fourth-order valence-corrected chi connectivity index (χ4v) is 5.58. The number of carbonyl (C=O) groups excluding carboxylic acids is 4. The molecule has 0 saturated carbocycles. The topological polar surface area (TPSA) is 187 Å². The fraction of sp³-hybridized carbons (Fsp3) is 0.233. The quantitative estimate of drug-likeness (QED) is 0.0783. The minimum Gasteiger partial charge on any atom is -0.611 e. The van der Waals surface area contributed by atoms with Gasteiger partial charge in [-0.1, -0.05) is 0 Å². The molecule has 0 aliphatic heterocycles. The number of carbonyl (C=O) groups is 4. The number of nitrogens with zero attached hydrogens (tertiary/aromatic N) is 5. The van der Waals surface area contributed by atoms with Gasteiger partial charge in [-0.05, 0) is 53.6 Å². The molecule has 17 heteroatoms. The molecule has 47 heavy (non-hydrogen) atoms. The van der Waals surface area contributed by atoms with E-state index in [9.17, 15) is 23.7 Å². The number of anilines is 3. The van der Waals surface area contributed by atoms with Crippen LogP contribution in [0, 0.1) is 5.41 Å². The largest absolute Gasteiger partial charge is 0.611 e. The first-order valence-electron chi connectivity index (χ1n) is 13.9. The zero-order valence-electron chi connectivity index (χ0n) is 25.8. The highest BCUT2D eigenvalue weighted by molar-refractivity contribution is 7.91. The molecule has 0 bridgehead atoms. The second kappa shape index (κ2) is 16.2. The molecule has 250 valence electrons. The van der Waals surface area contributed by atoms with Crippen LogP contribution in [0.5, 0.6) is 0 Å². The molecule has 3 heterocycles. The van der Waals surface area contributed by atoms with Crippen molar-refractivity contribution in [3.63, 3.8) is 0 Å². The number of nitrogens with one attached hydrogen (secondary N) is 3. The molecular formula is C30H35Cl2N9O5S. The Bertz CT molecular complexity index is 1750. The van der Waals surface area contributed by atoms with E-state index in [0.29, 0.717) is 33.3 Å². The number of benzene rings is 1. The number of amides is 4. The molecule has 4 aromatic rings. The van der Waals surface area contributed by atoms with Crippen LogP contribution in [0.3, 0.4) is 0 Å². The normalized spacial score (nSPS) is 11.3. The van der Waals surface area contributed by atoms with Gasteiger partial charge in [0.25, 0.3) is 11.8 Å². The molecule has 0 aliphatic rings. The van der Waals surface area contributed by atoms with Gasteiger partial charge in [0, 0.05) is 70.7 Å². The predicted octanol–water partition coefficient (Wildman–Crippen LogP) is 4.23. The molecule has 0 saturated heterocycles. The molecule has 1 aromatic carbocycles. The van der Waals surface area contributed by atoms with Crippen LogP contribution in [0.15, 0.2) is 78.3 Å². The van der Waals surface area contributed by atoms with Crippen molar-refractivity contribution in [2.24, 2.45) is 12.8 Å². The molecule has 1 atom stereocenters. The lowest BCUT2D eigenvalue weighted by Gasteiger charge is -2.16. The Morgan fingerprint density at radius 1 is 0.936 bits per heavy atom. The van der Waals surface area contributed by atoms with Crippen molar-refractivity contribution < 1.29 is 23.7 Å². The van der Waals surface area contributed by atoms with E-state index >= 15 is 0 Å². The third kappa shape index (κ3) is 9.19. The number of hydrogen-bond donors (Lipinski definition) is 4. The second-order valence-electron chi connectivity index (χ2n) is 10.3. The summed E-state index contributed by atoms with van der Waals surface area (Å²) in [5.41, 5.74) is 7.23. The molecule has 1 unspecified atom stereocenters. The maximum absolute atomic E-state index is 13.2. The Morgan fingerprint density at radius 2 is 1.51 bits per heavy atom. The van der Waals surface area contributed by atoms with E-state index in [2.05, 4.69) is 10.6 Å². The average molecular weight is 705 g/mol. The summed E-state index contributed by atoms with van der Waals surface area (Å²) in [7, 11) is 4.82. The van der Waals surface area contributed by atoms with E-state index in [-0.39, 0.29) is 48.8 Å². The van der Waals surface area contributed by atoms with Crippen LogP contribution in [0.4, 0.5) is 26.7 Å². The SMILES string of the molecule is CN(CCC(=N)N)C(=O)n1ccc(NC(=O)c2cc(N(C)C(=O)n3ccc(NC(=O)c4ccc([S+]([O-])CCCl)cc4)c3)cn2C)c1.Cl. The maximum Gasteiger partial charge on any atom is 0.332 e. The Kier molecular flexibility index (Phi) is 12.7. The number of rotatable bonds is 11. The number of amidine groups is 1. The van der Waals surface area contributed by atoms with Gasteiger partial charge in [-0.15, -0.1) is 24.0 Å². The van der Waals surface area contributed by atoms with Crippen LogP contribution in [0.25, 0.3) is 0 Å². The summed E-state index contributed by atoms with van der Waals surface area (Å²) in [5, 5.41) is 12.8. The minimum atomic E-state index is -1.24. The van der Waals surface area contributed by atoms with Crippen molar-refractivity contribution in [1.29, 1.82) is 5.41 Å². The van der Waals surface area contributed by atoms with E-state index in [1.54, 1.807) is 74.4 Å². The molecule has 4 rings (SSSR count). The van der Waals surface area contributed by atoms with Crippen LogP contribution in [0.2, 0.25) is 0 Å². The molecule has 0 spiro atoms. The zero-order chi connectivity index (χ0) is 33.5. The van der Waals surface area contributed by atoms with E-state index in [1.165, 1.54) is 43.7 Å². The van der Waals surface area contributed by atoms with Gasteiger partial charge in [-0.2, -0.15) is 0 Å². The summed E-state index contributed by atoms with van der Waals surface area (Å²) in [6, 6.07) is 10.3. The number of hydrogen-bond acceptors (Lipinski definition) is 6. The Hall–Kier alpha value is -4.70. The lowest BCUT2D eigenvalue weighted by Crippen LogP contribution is -2.33. The number of halogens is 2. The third-order valence-electron chi connectivity index (χ3n) is 6.93.